The number of aryl methyl sites for hydroxylation is 1. The van der Waals surface area contributed by atoms with Crippen LogP contribution in [0.3, 0.4) is 0 Å². The van der Waals surface area contributed by atoms with Gasteiger partial charge in [0.1, 0.15) is 17.2 Å². The van der Waals surface area contributed by atoms with Crippen LogP contribution in [0.2, 0.25) is 0 Å². The second-order valence-electron chi connectivity index (χ2n) is 5.60. The lowest BCUT2D eigenvalue weighted by atomic mass is 10.2. The van der Waals surface area contributed by atoms with Crippen LogP contribution in [0.1, 0.15) is 10.5 Å². The smallest absolute Gasteiger partial charge is 0.275 e. The van der Waals surface area contributed by atoms with Gasteiger partial charge in [0.15, 0.2) is 0 Å². The fourth-order valence-electron chi connectivity index (χ4n) is 2.60. The van der Waals surface area contributed by atoms with Gasteiger partial charge in [-0.3, -0.25) is 14.5 Å². The molecule has 0 fully saturated rings. The van der Waals surface area contributed by atoms with Gasteiger partial charge in [0, 0.05) is 24.7 Å². The molecule has 3 aromatic heterocycles. The van der Waals surface area contributed by atoms with Gasteiger partial charge in [0.05, 0.1) is 11.2 Å². The zero-order valence-electron chi connectivity index (χ0n) is 13.5. The molecule has 4 aromatic rings. The van der Waals surface area contributed by atoms with E-state index in [-0.39, 0.29) is 5.91 Å². The van der Waals surface area contributed by atoms with E-state index in [1.165, 1.54) is 0 Å². The first-order valence-corrected chi connectivity index (χ1v) is 7.83. The van der Waals surface area contributed by atoms with Crippen molar-refractivity contribution in [3.63, 3.8) is 0 Å². The van der Waals surface area contributed by atoms with Crippen LogP contribution in [0, 0.1) is 0 Å². The van der Waals surface area contributed by atoms with Gasteiger partial charge in [-0.05, 0) is 24.3 Å². The van der Waals surface area contributed by atoms with Crippen molar-refractivity contribution in [1.29, 1.82) is 0 Å². The molecule has 122 valence electrons. The molecule has 0 aliphatic rings. The summed E-state index contributed by atoms with van der Waals surface area (Å²) in [4.78, 5) is 20.9. The quantitative estimate of drug-likeness (QED) is 0.626. The minimum Gasteiger partial charge on any atom is -0.305 e. The van der Waals surface area contributed by atoms with E-state index in [1.807, 2.05) is 36.4 Å². The zero-order chi connectivity index (χ0) is 17.2. The Bertz CT molecular complexity index is 1060. The molecule has 0 aliphatic heterocycles. The molecule has 0 spiro atoms. The Hall–Kier alpha value is -3.54. The van der Waals surface area contributed by atoms with E-state index in [2.05, 4.69) is 20.4 Å². The van der Waals surface area contributed by atoms with E-state index >= 15 is 0 Å². The molecule has 1 N–H and O–H groups in total. The number of fused-ring (bicyclic) bond motifs is 1. The summed E-state index contributed by atoms with van der Waals surface area (Å²) in [6, 6.07) is 18.9. The number of nitrogens with one attached hydrogen (secondary N) is 1. The Morgan fingerprint density at radius 1 is 1.00 bits per heavy atom. The molecule has 0 unspecified atom stereocenters. The highest BCUT2D eigenvalue weighted by molar-refractivity contribution is 6.02. The summed E-state index contributed by atoms with van der Waals surface area (Å²) in [5.41, 5.74) is 2.72. The number of carbonyl (C=O) groups excluding carboxylic acids is 1. The number of benzene rings is 1. The molecule has 4 rings (SSSR count). The van der Waals surface area contributed by atoms with Gasteiger partial charge >= 0.3 is 0 Å². The first kappa shape index (κ1) is 15.0. The van der Waals surface area contributed by atoms with Crippen molar-refractivity contribution in [2.75, 3.05) is 5.32 Å². The average molecular weight is 329 g/mol. The highest BCUT2D eigenvalue weighted by atomic mass is 16.2. The lowest BCUT2D eigenvalue weighted by Gasteiger charge is -2.03. The molecule has 1 aromatic carbocycles. The fourth-order valence-corrected chi connectivity index (χ4v) is 2.60. The van der Waals surface area contributed by atoms with Gasteiger partial charge in [-0.1, -0.05) is 30.3 Å². The first-order valence-electron chi connectivity index (χ1n) is 7.83. The molecule has 0 aliphatic carbocycles. The topological polar surface area (TPSA) is 72.7 Å². The van der Waals surface area contributed by atoms with Gasteiger partial charge in [0.2, 0.25) is 0 Å². The minimum absolute atomic E-state index is 0.276. The van der Waals surface area contributed by atoms with Crippen LogP contribution < -0.4 is 5.32 Å². The minimum atomic E-state index is -0.276. The summed E-state index contributed by atoms with van der Waals surface area (Å²) in [6.45, 7) is 0. The molecular formula is C19H15N5O. The van der Waals surface area contributed by atoms with Crippen LogP contribution >= 0.6 is 0 Å². The fraction of sp³-hybridized carbons (Fsp3) is 0.0526. The standard InChI is InChI=1S/C19H15N5O/c1-24-18(22-19(25)16-8-4-5-11-20-16)12-17(23-24)15-10-9-13-6-2-3-7-14(13)21-15/h2-12H,1H3,(H,22,25). The van der Waals surface area contributed by atoms with Gasteiger partial charge in [-0.2, -0.15) is 5.10 Å². The highest BCUT2D eigenvalue weighted by Crippen LogP contribution is 2.22. The summed E-state index contributed by atoms with van der Waals surface area (Å²) in [6.07, 6.45) is 1.59. The van der Waals surface area contributed by atoms with E-state index in [9.17, 15) is 4.79 Å². The van der Waals surface area contributed by atoms with Gasteiger partial charge < -0.3 is 5.32 Å². The maximum absolute atomic E-state index is 12.3. The normalized spacial score (nSPS) is 10.8. The number of para-hydroxylation sites is 1. The first-order chi connectivity index (χ1) is 12.2. The van der Waals surface area contributed by atoms with Crippen molar-refractivity contribution in [3.8, 4) is 11.4 Å². The summed E-state index contributed by atoms with van der Waals surface area (Å²) in [5.74, 6) is 0.308. The van der Waals surface area contributed by atoms with Gasteiger partial charge in [0.25, 0.3) is 5.91 Å². The summed E-state index contributed by atoms with van der Waals surface area (Å²) in [5, 5.41) is 8.35. The van der Waals surface area contributed by atoms with Crippen molar-refractivity contribution in [2.45, 2.75) is 0 Å². The molecule has 1 amide bonds. The Morgan fingerprint density at radius 2 is 1.84 bits per heavy atom. The summed E-state index contributed by atoms with van der Waals surface area (Å²) >= 11 is 0. The van der Waals surface area contributed by atoms with E-state index in [4.69, 9.17) is 0 Å². The van der Waals surface area contributed by atoms with E-state index in [0.29, 0.717) is 17.2 Å². The van der Waals surface area contributed by atoms with Gasteiger partial charge in [-0.15, -0.1) is 0 Å². The molecule has 0 radical (unpaired) electrons. The van der Waals surface area contributed by atoms with Crippen LogP contribution in [-0.4, -0.2) is 25.7 Å². The monoisotopic (exact) mass is 329 g/mol. The van der Waals surface area contributed by atoms with Crippen molar-refractivity contribution in [2.24, 2.45) is 7.05 Å². The summed E-state index contributed by atoms with van der Waals surface area (Å²) in [7, 11) is 1.78. The van der Waals surface area contributed by atoms with Crippen LogP contribution in [-0.2, 0) is 7.05 Å². The molecule has 3 heterocycles. The molecule has 6 nitrogen and oxygen atoms in total. The number of hydrogen-bond acceptors (Lipinski definition) is 4. The van der Waals surface area contributed by atoms with Crippen molar-refractivity contribution in [1.82, 2.24) is 19.7 Å². The van der Waals surface area contributed by atoms with Crippen LogP contribution in [0.5, 0.6) is 0 Å². The highest BCUT2D eigenvalue weighted by Gasteiger charge is 2.13. The number of pyridine rings is 2. The van der Waals surface area contributed by atoms with Crippen LogP contribution in [0.4, 0.5) is 5.82 Å². The number of nitrogens with zero attached hydrogens (tertiary/aromatic N) is 4. The number of anilines is 1. The third kappa shape index (κ3) is 2.97. The predicted octanol–water partition coefficient (Wildman–Crippen LogP) is 3.28. The predicted molar refractivity (Wildman–Crippen MR) is 96.1 cm³/mol. The molecular weight excluding hydrogens is 314 g/mol. The summed E-state index contributed by atoms with van der Waals surface area (Å²) < 4.78 is 1.62. The molecule has 25 heavy (non-hydrogen) atoms. The van der Waals surface area contributed by atoms with E-state index < -0.39 is 0 Å². The van der Waals surface area contributed by atoms with Crippen LogP contribution in [0.15, 0.2) is 66.9 Å². The van der Waals surface area contributed by atoms with Crippen molar-refractivity contribution < 1.29 is 4.79 Å². The lowest BCUT2D eigenvalue weighted by Crippen LogP contribution is -2.15. The Morgan fingerprint density at radius 3 is 2.68 bits per heavy atom. The lowest BCUT2D eigenvalue weighted by molar-refractivity contribution is 0.102. The zero-order valence-corrected chi connectivity index (χ0v) is 13.5. The molecule has 0 saturated carbocycles. The number of carbonyl (C=O) groups is 1. The molecule has 0 saturated heterocycles. The van der Waals surface area contributed by atoms with Crippen molar-refractivity contribution in [3.05, 3.63) is 72.6 Å². The second-order valence-corrected chi connectivity index (χ2v) is 5.60. The Balaban J connectivity index is 1.64. The maximum atomic E-state index is 12.3. The number of hydrogen-bond donors (Lipinski definition) is 1. The van der Waals surface area contributed by atoms with E-state index in [0.717, 1.165) is 16.6 Å². The molecule has 0 atom stereocenters. The second kappa shape index (κ2) is 6.16. The van der Waals surface area contributed by atoms with E-state index in [1.54, 1.807) is 42.2 Å². The number of aromatic nitrogens is 4. The van der Waals surface area contributed by atoms with Gasteiger partial charge in [-0.25, -0.2) is 4.98 Å². The Labute approximate surface area is 144 Å². The maximum Gasteiger partial charge on any atom is 0.275 e. The third-order valence-corrected chi connectivity index (χ3v) is 3.88. The van der Waals surface area contributed by atoms with Crippen molar-refractivity contribution >= 4 is 22.6 Å². The Kier molecular flexibility index (Phi) is 3.70. The SMILES string of the molecule is Cn1nc(-c2ccc3ccccc3n2)cc1NC(=O)c1ccccn1. The third-order valence-electron chi connectivity index (χ3n) is 3.88. The molecule has 0 bridgehead atoms. The molecule has 6 heteroatoms. The largest absolute Gasteiger partial charge is 0.305 e. The van der Waals surface area contributed by atoms with Crippen LogP contribution in [0.25, 0.3) is 22.3 Å². The number of rotatable bonds is 3. The average Bonchev–Trinajstić information content (AvgIpc) is 3.02. The number of amides is 1.